The summed E-state index contributed by atoms with van der Waals surface area (Å²) in [7, 11) is 1.72. The van der Waals surface area contributed by atoms with Gasteiger partial charge in [-0.3, -0.25) is 5.43 Å². The molecule has 3 atom stereocenters. The van der Waals surface area contributed by atoms with Crippen molar-refractivity contribution < 1.29 is 4.79 Å². The molecule has 0 aliphatic carbocycles. The summed E-state index contributed by atoms with van der Waals surface area (Å²) in [6.07, 6.45) is 12.3. The Hall–Kier alpha value is -0.770. The van der Waals surface area contributed by atoms with Gasteiger partial charge < -0.3 is 5.32 Å². The Morgan fingerprint density at radius 3 is 1.96 bits per heavy atom. The van der Waals surface area contributed by atoms with E-state index in [0.29, 0.717) is 6.04 Å². The summed E-state index contributed by atoms with van der Waals surface area (Å²) >= 11 is 0. The van der Waals surface area contributed by atoms with Gasteiger partial charge in [0.1, 0.15) is 0 Å². The average Bonchev–Trinajstić information content (AvgIpc) is 2.49. The number of carbonyl (C=O) groups excluding carboxylic acids is 1. The number of hydrogen-bond donors (Lipinski definition) is 3. The molecule has 4 nitrogen and oxygen atoms in total. The van der Waals surface area contributed by atoms with Gasteiger partial charge in [0, 0.05) is 13.1 Å². The lowest BCUT2D eigenvalue weighted by molar-refractivity contribution is 0.230. The van der Waals surface area contributed by atoms with Gasteiger partial charge in [0.2, 0.25) is 0 Å². The lowest BCUT2D eigenvalue weighted by atomic mass is 9.93. The van der Waals surface area contributed by atoms with E-state index in [1.54, 1.807) is 7.05 Å². The lowest BCUT2D eigenvalue weighted by Gasteiger charge is -2.21. The SMILES string of the molecule is CCCC(C)CCCCC(CCC(C)CCC)NC(=O)NNC. The van der Waals surface area contributed by atoms with Crippen molar-refractivity contribution in [1.82, 2.24) is 16.2 Å². The number of hydrazine groups is 1. The van der Waals surface area contributed by atoms with Gasteiger partial charge in [-0.1, -0.05) is 72.6 Å². The first-order valence-corrected chi connectivity index (χ1v) is 9.76. The van der Waals surface area contributed by atoms with Crippen molar-refractivity contribution in [2.45, 2.75) is 97.9 Å². The number of unbranched alkanes of at least 4 members (excludes halogenated alkanes) is 1. The molecule has 0 bridgehead atoms. The molecule has 0 saturated carbocycles. The molecular formula is C19H41N3O. The molecule has 0 fully saturated rings. The molecule has 2 amide bonds. The van der Waals surface area contributed by atoms with E-state index in [0.717, 1.165) is 24.7 Å². The molecule has 3 unspecified atom stereocenters. The van der Waals surface area contributed by atoms with Crippen molar-refractivity contribution in [3.63, 3.8) is 0 Å². The van der Waals surface area contributed by atoms with Crippen molar-refractivity contribution in [2.24, 2.45) is 11.8 Å². The van der Waals surface area contributed by atoms with E-state index in [1.165, 1.54) is 51.4 Å². The number of rotatable bonds is 14. The van der Waals surface area contributed by atoms with Crippen LogP contribution in [0, 0.1) is 11.8 Å². The third kappa shape index (κ3) is 13.4. The maximum absolute atomic E-state index is 11.8. The van der Waals surface area contributed by atoms with Crippen LogP contribution in [0.5, 0.6) is 0 Å². The van der Waals surface area contributed by atoms with Crippen LogP contribution < -0.4 is 16.2 Å². The second-order valence-corrected chi connectivity index (χ2v) is 7.19. The third-order valence-corrected chi connectivity index (χ3v) is 4.64. The largest absolute Gasteiger partial charge is 0.334 e. The van der Waals surface area contributed by atoms with Gasteiger partial charge >= 0.3 is 6.03 Å². The Balaban J connectivity index is 4.12. The van der Waals surface area contributed by atoms with E-state index in [1.807, 2.05) is 0 Å². The molecule has 0 aromatic rings. The number of carbonyl (C=O) groups is 1. The van der Waals surface area contributed by atoms with Gasteiger partial charge in [0.05, 0.1) is 0 Å². The number of hydrogen-bond acceptors (Lipinski definition) is 2. The molecule has 0 aromatic carbocycles. The molecule has 0 aliphatic rings. The number of nitrogens with one attached hydrogen (secondary N) is 3. The minimum atomic E-state index is -0.111. The highest BCUT2D eigenvalue weighted by Crippen LogP contribution is 2.19. The molecule has 23 heavy (non-hydrogen) atoms. The zero-order valence-electron chi connectivity index (χ0n) is 16.2. The van der Waals surface area contributed by atoms with Gasteiger partial charge in [-0.25, -0.2) is 10.2 Å². The summed E-state index contributed by atoms with van der Waals surface area (Å²) in [6.45, 7) is 9.17. The molecule has 0 heterocycles. The zero-order chi connectivity index (χ0) is 17.5. The molecule has 0 spiro atoms. The van der Waals surface area contributed by atoms with Crippen LogP contribution in [0.1, 0.15) is 91.9 Å². The Labute approximate surface area is 144 Å². The van der Waals surface area contributed by atoms with E-state index >= 15 is 0 Å². The minimum absolute atomic E-state index is 0.111. The second kappa shape index (κ2) is 14.8. The van der Waals surface area contributed by atoms with Crippen molar-refractivity contribution in [2.75, 3.05) is 7.05 Å². The van der Waals surface area contributed by atoms with E-state index in [4.69, 9.17) is 0 Å². The molecule has 0 saturated heterocycles. The predicted molar refractivity (Wildman–Crippen MR) is 100 cm³/mol. The molecule has 3 N–H and O–H groups in total. The van der Waals surface area contributed by atoms with Gasteiger partial charge in [-0.05, 0) is 31.1 Å². The van der Waals surface area contributed by atoms with Crippen molar-refractivity contribution >= 4 is 6.03 Å². The fourth-order valence-corrected chi connectivity index (χ4v) is 3.27. The predicted octanol–water partition coefficient (Wildman–Crippen LogP) is 5.00. The Kier molecular flexibility index (Phi) is 14.3. The summed E-state index contributed by atoms with van der Waals surface area (Å²) in [5, 5.41) is 3.12. The molecule has 0 rings (SSSR count). The van der Waals surface area contributed by atoms with Crippen LogP contribution in [0.3, 0.4) is 0 Å². The van der Waals surface area contributed by atoms with Crippen molar-refractivity contribution in [3.05, 3.63) is 0 Å². The third-order valence-electron chi connectivity index (χ3n) is 4.64. The summed E-state index contributed by atoms with van der Waals surface area (Å²) in [6, 6.07) is 0.184. The standard InChI is InChI=1S/C19H41N3O/c1-6-10-16(3)12-8-9-13-18(21-19(23)22-20-5)15-14-17(4)11-7-2/h16-18,20H,6-15H2,1-5H3,(H2,21,22,23). The molecule has 0 aromatic heterocycles. The topological polar surface area (TPSA) is 53.2 Å². The van der Waals surface area contributed by atoms with Crippen LogP contribution in [0.2, 0.25) is 0 Å². The van der Waals surface area contributed by atoms with Crippen molar-refractivity contribution in [3.8, 4) is 0 Å². The average molecular weight is 328 g/mol. The summed E-state index contributed by atoms with van der Waals surface area (Å²) in [4.78, 5) is 11.8. The molecular weight excluding hydrogens is 286 g/mol. The van der Waals surface area contributed by atoms with Crippen LogP contribution in [-0.4, -0.2) is 19.1 Å². The van der Waals surface area contributed by atoms with Crippen LogP contribution in [0.4, 0.5) is 4.79 Å². The zero-order valence-corrected chi connectivity index (χ0v) is 16.2. The fourth-order valence-electron chi connectivity index (χ4n) is 3.27. The Morgan fingerprint density at radius 1 is 0.826 bits per heavy atom. The van der Waals surface area contributed by atoms with Crippen LogP contribution in [-0.2, 0) is 0 Å². The highest BCUT2D eigenvalue weighted by Gasteiger charge is 2.13. The summed E-state index contributed by atoms with van der Waals surface area (Å²) in [5.41, 5.74) is 5.31. The van der Waals surface area contributed by atoms with Crippen LogP contribution in [0.15, 0.2) is 0 Å². The monoisotopic (exact) mass is 327 g/mol. The van der Waals surface area contributed by atoms with E-state index in [9.17, 15) is 4.79 Å². The first kappa shape index (κ1) is 22.2. The maximum Gasteiger partial charge on any atom is 0.329 e. The normalized spacial score (nSPS) is 15.0. The van der Waals surface area contributed by atoms with E-state index < -0.39 is 0 Å². The van der Waals surface area contributed by atoms with Gasteiger partial charge in [-0.15, -0.1) is 0 Å². The smallest absolute Gasteiger partial charge is 0.329 e. The molecule has 0 aliphatic heterocycles. The van der Waals surface area contributed by atoms with Gasteiger partial charge in [0.25, 0.3) is 0 Å². The molecule has 4 heteroatoms. The Morgan fingerprint density at radius 2 is 1.39 bits per heavy atom. The van der Waals surface area contributed by atoms with E-state index in [2.05, 4.69) is 43.9 Å². The lowest BCUT2D eigenvalue weighted by Crippen LogP contribution is -2.46. The maximum atomic E-state index is 11.8. The Bertz CT molecular complexity index is 284. The molecule has 138 valence electrons. The van der Waals surface area contributed by atoms with Gasteiger partial charge in [0.15, 0.2) is 0 Å². The highest BCUT2D eigenvalue weighted by molar-refractivity contribution is 5.73. The number of urea groups is 1. The van der Waals surface area contributed by atoms with Crippen molar-refractivity contribution in [1.29, 1.82) is 0 Å². The quantitative estimate of drug-likeness (QED) is 0.310. The number of amides is 2. The van der Waals surface area contributed by atoms with E-state index in [-0.39, 0.29) is 6.03 Å². The summed E-state index contributed by atoms with van der Waals surface area (Å²) in [5.74, 6) is 1.59. The molecule has 0 radical (unpaired) electrons. The minimum Gasteiger partial charge on any atom is -0.334 e. The first-order valence-electron chi connectivity index (χ1n) is 9.76. The second-order valence-electron chi connectivity index (χ2n) is 7.19. The van der Waals surface area contributed by atoms with Crippen LogP contribution >= 0.6 is 0 Å². The van der Waals surface area contributed by atoms with Gasteiger partial charge in [-0.2, -0.15) is 0 Å². The summed E-state index contributed by atoms with van der Waals surface area (Å²) < 4.78 is 0. The highest BCUT2D eigenvalue weighted by atomic mass is 16.2. The van der Waals surface area contributed by atoms with Crippen LogP contribution in [0.25, 0.3) is 0 Å². The fraction of sp³-hybridized carbons (Fsp3) is 0.947. The first-order chi connectivity index (χ1) is 11.0.